The minimum atomic E-state index is -0.283. The maximum atomic E-state index is 13.3. The third kappa shape index (κ3) is 4.12. The number of furan rings is 1. The Balaban J connectivity index is 1.29. The molecule has 1 fully saturated rings. The monoisotopic (exact) mass is 453 g/mol. The number of hydrogen-bond donors (Lipinski definition) is 1. The van der Waals surface area contributed by atoms with E-state index >= 15 is 0 Å². The molecular formula is C23H24FN5O2S. The van der Waals surface area contributed by atoms with Crippen LogP contribution in [0.3, 0.4) is 0 Å². The summed E-state index contributed by atoms with van der Waals surface area (Å²) in [7, 11) is 0. The van der Waals surface area contributed by atoms with E-state index in [2.05, 4.69) is 15.3 Å². The van der Waals surface area contributed by atoms with Crippen molar-refractivity contribution in [1.82, 2.24) is 20.1 Å². The number of piperidine rings is 1. The van der Waals surface area contributed by atoms with E-state index in [0.29, 0.717) is 19.5 Å². The first-order valence-electron chi connectivity index (χ1n) is 10.8. The van der Waals surface area contributed by atoms with Crippen LogP contribution in [0.1, 0.15) is 24.3 Å². The number of carbonyl (C=O) groups is 1. The zero-order chi connectivity index (χ0) is 22.1. The fourth-order valence-corrected chi connectivity index (χ4v) is 5.12. The highest BCUT2D eigenvalue weighted by Crippen LogP contribution is 2.34. The molecule has 32 heavy (non-hydrogen) atoms. The summed E-state index contributed by atoms with van der Waals surface area (Å²) in [5.74, 6) is 0.600. The van der Waals surface area contributed by atoms with Crippen LogP contribution in [0.4, 0.5) is 9.52 Å². The zero-order valence-electron chi connectivity index (χ0n) is 17.8. The highest BCUT2D eigenvalue weighted by atomic mass is 32.1. The number of halogens is 1. The van der Waals surface area contributed by atoms with Gasteiger partial charge in [-0.25, -0.2) is 9.07 Å². The number of aryl methyl sites for hydroxylation is 1. The minimum absolute atomic E-state index is 0.0675. The molecule has 9 heteroatoms. The molecule has 1 N–H and O–H groups in total. The Morgan fingerprint density at radius 2 is 2.16 bits per heavy atom. The Kier molecular flexibility index (Phi) is 5.65. The van der Waals surface area contributed by atoms with Gasteiger partial charge in [0.2, 0.25) is 5.91 Å². The Bertz CT molecular complexity index is 1220. The van der Waals surface area contributed by atoms with Crippen LogP contribution >= 0.6 is 11.3 Å². The number of fused-ring (bicyclic) bond motifs is 1. The zero-order valence-corrected chi connectivity index (χ0v) is 18.6. The number of benzene rings is 1. The van der Waals surface area contributed by atoms with Crippen LogP contribution in [0.25, 0.3) is 16.0 Å². The summed E-state index contributed by atoms with van der Waals surface area (Å²) >= 11 is 1.59. The van der Waals surface area contributed by atoms with Crippen LogP contribution in [0, 0.1) is 18.7 Å². The van der Waals surface area contributed by atoms with Gasteiger partial charge in [-0.1, -0.05) is 11.3 Å². The first-order valence-corrected chi connectivity index (χ1v) is 11.6. The van der Waals surface area contributed by atoms with E-state index in [0.717, 1.165) is 52.0 Å². The molecule has 0 saturated carbocycles. The van der Waals surface area contributed by atoms with Crippen LogP contribution in [0.5, 0.6) is 0 Å². The molecule has 1 saturated heterocycles. The van der Waals surface area contributed by atoms with Crippen LogP contribution in [0.2, 0.25) is 0 Å². The highest BCUT2D eigenvalue weighted by Gasteiger charge is 2.28. The van der Waals surface area contributed by atoms with Gasteiger partial charge in [0.05, 0.1) is 28.3 Å². The number of nitrogens with zero attached hydrogens (tertiary/aromatic N) is 4. The van der Waals surface area contributed by atoms with Gasteiger partial charge in [-0.3, -0.25) is 4.79 Å². The Morgan fingerprint density at radius 1 is 1.31 bits per heavy atom. The summed E-state index contributed by atoms with van der Waals surface area (Å²) in [6, 6.07) is 10.0. The topological polar surface area (TPSA) is 76.2 Å². The number of nitrogens with one attached hydrogen (secondary N) is 1. The van der Waals surface area contributed by atoms with Gasteiger partial charge in [0.25, 0.3) is 0 Å². The quantitative estimate of drug-likeness (QED) is 0.476. The minimum Gasteiger partial charge on any atom is -0.469 e. The maximum Gasteiger partial charge on any atom is 0.224 e. The normalized spacial score (nSPS) is 16.6. The molecule has 4 heterocycles. The number of rotatable bonds is 6. The second-order valence-electron chi connectivity index (χ2n) is 8.03. The van der Waals surface area contributed by atoms with E-state index in [1.165, 1.54) is 12.1 Å². The van der Waals surface area contributed by atoms with Crippen LogP contribution in [-0.2, 0) is 11.2 Å². The van der Waals surface area contributed by atoms with E-state index in [1.807, 2.05) is 19.1 Å². The predicted molar refractivity (Wildman–Crippen MR) is 122 cm³/mol. The standard InChI is InChI=1S/C23H24FN5O2S/c1-15-20-21(29(27-15)18-8-6-17(24)7-9-18)26-23(32-20)28-12-2-4-16(14-28)22(30)25-11-10-19-5-3-13-31-19/h3,5-9,13,16H,2,4,10-12,14H2,1H3,(H,25,30)/t16-/m0/s1. The fourth-order valence-electron chi connectivity index (χ4n) is 4.09. The van der Waals surface area contributed by atoms with Crippen LogP contribution in [0.15, 0.2) is 47.1 Å². The highest BCUT2D eigenvalue weighted by molar-refractivity contribution is 7.22. The largest absolute Gasteiger partial charge is 0.469 e. The molecule has 1 amide bonds. The number of amides is 1. The molecule has 0 aliphatic carbocycles. The molecule has 5 rings (SSSR count). The fraction of sp³-hybridized carbons (Fsp3) is 0.348. The summed E-state index contributed by atoms with van der Waals surface area (Å²) in [4.78, 5) is 19.8. The van der Waals surface area contributed by atoms with Gasteiger partial charge < -0.3 is 14.6 Å². The number of aromatic nitrogens is 3. The Labute approximate surface area is 188 Å². The lowest BCUT2D eigenvalue weighted by molar-refractivity contribution is -0.125. The molecule has 166 valence electrons. The van der Waals surface area contributed by atoms with E-state index in [9.17, 15) is 9.18 Å². The molecule has 1 aliphatic heterocycles. The second kappa shape index (κ2) is 8.74. The van der Waals surface area contributed by atoms with Crippen molar-refractivity contribution in [3.63, 3.8) is 0 Å². The van der Waals surface area contributed by atoms with Crippen molar-refractivity contribution in [1.29, 1.82) is 0 Å². The Hall–Kier alpha value is -3.20. The van der Waals surface area contributed by atoms with Crippen molar-refractivity contribution < 1.29 is 13.6 Å². The number of carbonyl (C=O) groups excluding carboxylic acids is 1. The lowest BCUT2D eigenvalue weighted by Gasteiger charge is -2.31. The molecule has 0 spiro atoms. The smallest absolute Gasteiger partial charge is 0.224 e. The summed E-state index contributed by atoms with van der Waals surface area (Å²) in [5.41, 5.74) is 2.42. The van der Waals surface area contributed by atoms with E-state index < -0.39 is 0 Å². The molecule has 0 bridgehead atoms. The lowest BCUT2D eigenvalue weighted by Crippen LogP contribution is -2.43. The molecule has 1 atom stereocenters. The van der Waals surface area contributed by atoms with Gasteiger partial charge in [-0.15, -0.1) is 0 Å². The SMILES string of the molecule is Cc1nn(-c2ccc(F)cc2)c2nc(N3CCC[C@H](C(=O)NCCc4ccco4)C3)sc12. The predicted octanol–water partition coefficient (Wildman–Crippen LogP) is 4.10. The summed E-state index contributed by atoms with van der Waals surface area (Å²) in [6.07, 6.45) is 4.14. The van der Waals surface area contributed by atoms with Crippen molar-refractivity contribution >= 4 is 32.7 Å². The van der Waals surface area contributed by atoms with Gasteiger partial charge in [0, 0.05) is 26.1 Å². The average molecular weight is 454 g/mol. The van der Waals surface area contributed by atoms with Crippen molar-refractivity contribution in [3.8, 4) is 5.69 Å². The first-order chi connectivity index (χ1) is 15.6. The lowest BCUT2D eigenvalue weighted by atomic mass is 9.97. The summed E-state index contributed by atoms with van der Waals surface area (Å²) in [5, 5.41) is 8.52. The third-order valence-electron chi connectivity index (χ3n) is 5.76. The summed E-state index contributed by atoms with van der Waals surface area (Å²) < 4.78 is 21.4. The number of anilines is 1. The molecule has 0 unspecified atom stereocenters. The second-order valence-corrected chi connectivity index (χ2v) is 9.01. The van der Waals surface area contributed by atoms with E-state index in [-0.39, 0.29) is 17.6 Å². The molecule has 1 aromatic carbocycles. The number of thiazole rings is 1. The number of hydrogen-bond acceptors (Lipinski definition) is 6. The maximum absolute atomic E-state index is 13.3. The van der Waals surface area contributed by atoms with E-state index in [1.54, 1.807) is 34.4 Å². The Morgan fingerprint density at radius 3 is 2.94 bits per heavy atom. The van der Waals surface area contributed by atoms with Gasteiger partial charge in [0.15, 0.2) is 10.8 Å². The summed E-state index contributed by atoms with van der Waals surface area (Å²) in [6.45, 7) is 4.04. The molecular weight excluding hydrogens is 429 g/mol. The van der Waals surface area contributed by atoms with Gasteiger partial charge in [-0.2, -0.15) is 10.1 Å². The van der Waals surface area contributed by atoms with Crippen molar-refractivity contribution in [2.45, 2.75) is 26.2 Å². The molecule has 4 aromatic rings. The van der Waals surface area contributed by atoms with Crippen molar-refractivity contribution in [2.24, 2.45) is 5.92 Å². The van der Waals surface area contributed by atoms with Crippen LogP contribution in [-0.4, -0.2) is 40.3 Å². The first kappa shape index (κ1) is 20.7. The van der Waals surface area contributed by atoms with Crippen molar-refractivity contribution in [3.05, 3.63) is 59.9 Å². The third-order valence-corrected chi connectivity index (χ3v) is 6.98. The molecule has 3 aromatic heterocycles. The van der Waals surface area contributed by atoms with Gasteiger partial charge in [-0.05, 0) is 56.2 Å². The average Bonchev–Trinajstić information content (AvgIpc) is 3.53. The molecule has 7 nitrogen and oxygen atoms in total. The van der Waals surface area contributed by atoms with Crippen LogP contribution < -0.4 is 10.2 Å². The van der Waals surface area contributed by atoms with Gasteiger partial charge in [0.1, 0.15) is 11.6 Å². The van der Waals surface area contributed by atoms with Gasteiger partial charge >= 0.3 is 0 Å². The van der Waals surface area contributed by atoms with E-state index in [4.69, 9.17) is 9.40 Å². The molecule has 1 aliphatic rings. The molecule has 0 radical (unpaired) electrons. The van der Waals surface area contributed by atoms with Crippen molar-refractivity contribution in [2.75, 3.05) is 24.5 Å².